The zero-order valence-electron chi connectivity index (χ0n) is 15.8. The number of likely N-dealkylation sites (tertiary alicyclic amines) is 1. The van der Waals surface area contributed by atoms with Gasteiger partial charge < -0.3 is 29.9 Å². The van der Waals surface area contributed by atoms with E-state index in [-0.39, 0.29) is 48.6 Å². The molecule has 1 aromatic heterocycles. The lowest BCUT2D eigenvalue weighted by atomic mass is 9.82. The van der Waals surface area contributed by atoms with Gasteiger partial charge in [0.05, 0.1) is 13.1 Å². The minimum absolute atomic E-state index is 0.00569. The highest BCUT2D eigenvalue weighted by Crippen LogP contribution is 2.34. The molecular formula is C19H21BN2O7. The van der Waals surface area contributed by atoms with Gasteiger partial charge in [0.2, 0.25) is 0 Å². The number of aromatic carboxylic acids is 1. The summed E-state index contributed by atoms with van der Waals surface area (Å²) in [6.45, 7) is 2.42. The number of nitrogens with zero attached hydrogens (tertiary/aromatic N) is 2. The molecule has 1 saturated heterocycles. The van der Waals surface area contributed by atoms with Crippen LogP contribution in [-0.4, -0.2) is 68.3 Å². The van der Waals surface area contributed by atoms with E-state index in [1.165, 1.54) is 12.1 Å². The van der Waals surface area contributed by atoms with E-state index in [9.17, 15) is 19.8 Å². The summed E-state index contributed by atoms with van der Waals surface area (Å²) in [5, 5.41) is 37.6. The second-order valence-electron chi connectivity index (χ2n) is 6.94. The molecule has 3 rings (SSSR count). The number of aromatic nitrogens is 1. The molecule has 1 aliphatic heterocycles. The number of carboxylic acid groups (broad SMARTS) is 1. The van der Waals surface area contributed by atoms with Crippen LogP contribution in [0.2, 0.25) is 6.32 Å². The van der Waals surface area contributed by atoms with E-state index in [1.54, 1.807) is 23.2 Å². The number of aromatic hydroxyl groups is 1. The van der Waals surface area contributed by atoms with Crippen LogP contribution in [0.4, 0.5) is 0 Å². The molecule has 1 amide bonds. The van der Waals surface area contributed by atoms with Crippen molar-refractivity contribution in [3.05, 3.63) is 52.8 Å². The van der Waals surface area contributed by atoms with E-state index in [2.05, 4.69) is 4.98 Å². The average Bonchev–Trinajstić information content (AvgIpc) is 2.63. The Morgan fingerprint density at radius 1 is 1.24 bits per heavy atom. The molecule has 0 unspecified atom stereocenters. The molecule has 0 saturated carbocycles. The first-order valence-electron chi connectivity index (χ1n) is 9.09. The number of hydrogen-bond donors (Lipinski definition) is 4. The lowest BCUT2D eigenvalue weighted by molar-refractivity contribution is 0.0164. The highest BCUT2D eigenvalue weighted by atomic mass is 16.5. The molecule has 9 nitrogen and oxygen atoms in total. The van der Waals surface area contributed by atoms with Gasteiger partial charge in [0.25, 0.3) is 5.91 Å². The summed E-state index contributed by atoms with van der Waals surface area (Å²) in [4.78, 5) is 29.6. The van der Waals surface area contributed by atoms with E-state index in [4.69, 9.17) is 14.8 Å². The number of ether oxygens (including phenoxy) is 1. The number of phenols is 1. The number of carboxylic acids is 1. The predicted octanol–water partition coefficient (Wildman–Crippen LogP) is 0.713. The first-order chi connectivity index (χ1) is 13.8. The molecule has 4 N–H and O–H groups in total. The van der Waals surface area contributed by atoms with Gasteiger partial charge in [0.15, 0.2) is 0 Å². The minimum Gasteiger partial charge on any atom is -0.507 e. The molecule has 2 heterocycles. The first kappa shape index (κ1) is 20.6. The summed E-state index contributed by atoms with van der Waals surface area (Å²) < 4.78 is 5.69. The molecule has 1 fully saturated rings. The predicted molar refractivity (Wildman–Crippen MR) is 103 cm³/mol. The van der Waals surface area contributed by atoms with E-state index in [1.807, 2.05) is 6.92 Å². The summed E-state index contributed by atoms with van der Waals surface area (Å²) in [6.07, 6.45) is 1.26. The molecule has 0 bridgehead atoms. The van der Waals surface area contributed by atoms with Crippen molar-refractivity contribution >= 4 is 19.0 Å². The van der Waals surface area contributed by atoms with Gasteiger partial charge >= 0.3 is 13.1 Å². The fourth-order valence-corrected chi connectivity index (χ4v) is 3.02. The van der Waals surface area contributed by atoms with Crippen LogP contribution in [-0.2, 0) is 6.42 Å². The van der Waals surface area contributed by atoms with Crippen LogP contribution in [0.25, 0.3) is 0 Å². The SMILES string of the molecule is Cc1ccc(C(=O)N2CC(Oc3ccc(CCB(O)O)c(O)c3C(=O)O)C2)nc1. The summed E-state index contributed by atoms with van der Waals surface area (Å²) in [5.41, 5.74) is 1.16. The molecule has 0 atom stereocenters. The Balaban J connectivity index is 1.66. The fourth-order valence-electron chi connectivity index (χ4n) is 3.02. The van der Waals surface area contributed by atoms with Gasteiger partial charge in [-0.15, -0.1) is 0 Å². The van der Waals surface area contributed by atoms with E-state index in [0.717, 1.165) is 5.56 Å². The molecule has 152 valence electrons. The number of rotatable bonds is 7. The van der Waals surface area contributed by atoms with Crippen molar-refractivity contribution in [2.24, 2.45) is 0 Å². The van der Waals surface area contributed by atoms with Crippen LogP contribution < -0.4 is 4.74 Å². The van der Waals surface area contributed by atoms with Gasteiger partial charge in [-0.05, 0) is 42.9 Å². The number of carbonyl (C=O) groups is 2. The number of carbonyl (C=O) groups excluding carboxylic acids is 1. The standard InChI is InChI=1S/C19H21BN2O7/c1-11-2-4-14(21-8-11)18(24)22-9-13(10-22)29-15-5-3-12(6-7-20(27)28)17(23)16(15)19(25)26/h2-5,8,13,23,27-28H,6-7,9-10H2,1H3,(H,25,26). The zero-order chi connectivity index (χ0) is 21.1. The normalized spacial score (nSPS) is 13.7. The highest BCUT2D eigenvalue weighted by Gasteiger charge is 2.34. The second-order valence-corrected chi connectivity index (χ2v) is 6.94. The fraction of sp³-hybridized carbons (Fsp3) is 0.316. The van der Waals surface area contributed by atoms with Crippen LogP contribution in [0.5, 0.6) is 11.5 Å². The maximum absolute atomic E-state index is 12.4. The third-order valence-corrected chi connectivity index (χ3v) is 4.67. The molecule has 2 aromatic rings. The molecule has 0 aliphatic carbocycles. The van der Waals surface area contributed by atoms with Crippen LogP contribution >= 0.6 is 0 Å². The summed E-state index contributed by atoms with van der Waals surface area (Å²) >= 11 is 0. The molecule has 1 aliphatic rings. The Hall–Kier alpha value is -3.11. The van der Waals surface area contributed by atoms with Crippen molar-refractivity contribution in [3.8, 4) is 11.5 Å². The van der Waals surface area contributed by atoms with Crippen molar-refractivity contribution in [1.82, 2.24) is 9.88 Å². The number of pyridine rings is 1. The third kappa shape index (κ3) is 4.66. The molecule has 0 radical (unpaired) electrons. The largest absolute Gasteiger partial charge is 0.507 e. The number of aryl methyl sites for hydroxylation is 2. The monoisotopic (exact) mass is 400 g/mol. The third-order valence-electron chi connectivity index (χ3n) is 4.67. The van der Waals surface area contributed by atoms with Gasteiger partial charge in [-0.3, -0.25) is 9.78 Å². The summed E-state index contributed by atoms with van der Waals surface area (Å²) in [7, 11) is -1.56. The number of benzene rings is 1. The summed E-state index contributed by atoms with van der Waals surface area (Å²) in [6, 6.07) is 6.35. The summed E-state index contributed by atoms with van der Waals surface area (Å²) in [5.74, 6) is -2.07. The van der Waals surface area contributed by atoms with E-state index in [0.29, 0.717) is 5.69 Å². The lowest BCUT2D eigenvalue weighted by Crippen LogP contribution is -2.56. The topological polar surface area (TPSA) is 140 Å². The highest BCUT2D eigenvalue weighted by molar-refractivity contribution is 6.41. The molecule has 0 spiro atoms. The van der Waals surface area contributed by atoms with Crippen LogP contribution in [0, 0.1) is 6.92 Å². The molecule has 29 heavy (non-hydrogen) atoms. The van der Waals surface area contributed by atoms with Crippen molar-refractivity contribution < 1.29 is 34.6 Å². The Morgan fingerprint density at radius 2 is 1.97 bits per heavy atom. The molecule has 10 heteroatoms. The van der Waals surface area contributed by atoms with Gasteiger partial charge in [-0.1, -0.05) is 12.1 Å². The maximum Gasteiger partial charge on any atom is 0.451 e. The molecular weight excluding hydrogens is 379 g/mol. The van der Waals surface area contributed by atoms with Crippen molar-refractivity contribution in [2.75, 3.05) is 13.1 Å². The van der Waals surface area contributed by atoms with Gasteiger partial charge in [-0.2, -0.15) is 0 Å². The number of amides is 1. The maximum atomic E-state index is 12.4. The Morgan fingerprint density at radius 3 is 2.55 bits per heavy atom. The van der Waals surface area contributed by atoms with Crippen LogP contribution in [0.3, 0.4) is 0 Å². The van der Waals surface area contributed by atoms with Crippen LogP contribution in [0.1, 0.15) is 32.0 Å². The average molecular weight is 400 g/mol. The first-order valence-corrected chi connectivity index (χ1v) is 9.09. The van der Waals surface area contributed by atoms with Crippen molar-refractivity contribution in [1.29, 1.82) is 0 Å². The zero-order valence-corrected chi connectivity index (χ0v) is 15.8. The Labute approximate surface area is 167 Å². The second kappa shape index (κ2) is 8.50. The number of hydrogen-bond acceptors (Lipinski definition) is 7. The lowest BCUT2D eigenvalue weighted by Gasteiger charge is -2.39. The quantitative estimate of drug-likeness (QED) is 0.499. The Kier molecular flexibility index (Phi) is 6.04. The molecule has 1 aromatic carbocycles. The van der Waals surface area contributed by atoms with Gasteiger partial charge in [0, 0.05) is 6.20 Å². The van der Waals surface area contributed by atoms with E-state index < -0.39 is 24.9 Å². The van der Waals surface area contributed by atoms with E-state index >= 15 is 0 Å². The van der Waals surface area contributed by atoms with Crippen molar-refractivity contribution in [3.63, 3.8) is 0 Å². The van der Waals surface area contributed by atoms with Crippen molar-refractivity contribution in [2.45, 2.75) is 25.8 Å². The minimum atomic E-state index is -1.56. The van der Waals surface area contributed by atoms with Crippen LogP contribution in [0.15, 0.2) is 30.5 Å². The van der Waals surface area contributed by atoms with Gasteiger partial charge in [-0.25, -0.2) is 4.79 Å². The Bertz CT molecular complexity index is 912. The smallest absolute Gasteiger partial charge is 0.451 e. The van der Waals surface area contributed by atoms with Gasteiger partial charge in [0.1, 0.15) is 28.9 Å².